The number of fused-ring (bicyclic) bond motifs is 1. The third-order valence-corrected chi connectivity index (χ3v) is 4.55. The van der Waals surface area contributed by atoms with Gasteiger partial charge in [0, 0.05) is 12.4 Å². The van der Waals surface area contributed by atoms with E-state index >= 15 is 0 Å². The number of nitrogen functional groups attached to an aromatic ring is 1. The normalized spacial score (nSPS) is 10.7. The molecule has 3 aromatic heterocycles. The second-order valence-electron chi connectivity index (χ2n) is 4.87. The largest absolute Gasteiger partial charge is 0.461 e. The van der Waals surface area contributed by atoms with E-state index < -0.39 is 5.91 Å². The molecule has 0 saturated heterocycles. The van der Waals surface area contributed by atoms with E-state index in [1.165, 1.54) is 0 Å². The number of nitrogens with zero attached hydrogens (tertiary/aromatic N) is 2. The van der Waals surface area contributed by atoms with E-state index in [4.69, 9.17) is 15.9 Å². The van der Waals surface area contributed by atoms with Crippen molar-refractivity contribution in [2.45, 2.75) is 6.92 Å². The molecule has 8 heteroatoms. The highest BCUT2D eigenvalue weighted by atomic mass is 32.1. The summed E-state index contributed by atoms with van der Waals surface area (Å²) < 4.78 is 5.67. The molecule has 116 valence electrons. The van der Waals surface area contributed by atoms with Crippen molar-refractivity contribution < 1.29 is 9.21 Å². The van der Waals surface area contributed by atoms with Crippen LogP contribution < -0.4 is 16.8 Å². The Morgan fingerprint density at radius 2 is 2.22 bits per heavy atom. The Bertz CT molecular complexity index is 980. The Labute approximate surface area is 135 Å². The number of anilines is 2. The lowest BCUT2D eigenvalue weighted by Gasteiger charge is -2.09. The fraction of sp³-hybridized carbons (Fsp3) is 0.133. The second kappa shape index (κ2) is 5.30. The predicted octanol–water partition coefficient (Wildman–Crippen LogP) is 2.46. The number of amides is 1. The van der Waals surface area contributed by atoms with Gasteiger partial charge >= 0.3 is 0 Å². The standard InChI is InChI=1S/C15H13N5O2S/c1-6-3-4-8(22-6)9-7(5-16)14(19-2)20-15-10(9)11(17)12(23-15)13(18)21/h3-4H,17H2,1-2H3,(H2,18,21)(H,19,20). The number of rotatable bonds is 3. The fourth-order valence-corrected chi connectivity index (χ4v) is 3.40. The van der Waals surface area contributed by atoms with Crippen LogP contribution in [0, 0.1) is 18.3 Å². The van der Waals surface area contributed by atoms with Gasteiger partial charge < -0.3 is 21.2 Å². The van der Waals surface area contributed by atoms with Crippen LogP contribution in [-0.4, -0.2) is 17.9 Å². The van der Waals surface area contributed by atoms with Crippen LogP contribution in [0.2, 0.25) is 0 Å². The number of nitrogens with one attached hydrogen (secondary N) is 1. The summed E-state index contributed by atoms with van der Waals surface area (Å²) in [5.41, 5.74) is 12.5. The number of thiophene rings is 1. The number of aryl methyl sites for hydroxylation is 1. The van der Waals surface area contributed by atoms with Crippen molar-refractivity contribution in [1.29, 1.82) is 5.26 Å². The molecule has 0 unspecified atom stereocenters. The molecule has 0 bridgehead atoms. The maximum atomic E-state index is 11.6. The van der Waals surface area contributed by atoms with Gasteiger partial charge in [-0.1, -0.05) is 0 Å². The molecule has 0 radical (unpaired) electrons. The van der Waals surface area contributed by atoms with Gasteiger partial charge in [-0.3, -0.25) is 4.79 Å². The van der Waals surface area contributed by atoms with Crippen LogP contribution >= 0.6 is 11.3 Å². The molecular weight excluding hydrogens is 314 g/mol. The van der Waals surface area contributed by atoms with Crippen LogP contribution in [0.15, 0.2) is 16.5 Å². The number of pyridine rings is 1. The highest BCUT2D eigenvalue weighted by Gasteiger charge is 2.25. The number of nitriles is 1. The summed E-state index contributed by atoms with van der Waals surface area (Å²) in [6.07, 6.45) is 0. The highest BCUT2D eigenvalue weighted by molar-refractivity contribution is 7.21. The Balaban J connectivity index is 2.51. The molecule has 0 aromatic carbocycles. The molecule has 3 rings (SSSR count). The van der Waals surface area contributed by atoms with Gasteiger partial charge in [-0.2, -0.15) is 5.26 Å². The zero-order chi connectivity index (χ0) is 16.7. The van der Waals surface area contributed by atoms with Gasteiger partial charge in [0.25, 0.3) is 5.91 Å². The summed E-state index contributed by atoms with van der Waals surface area (Å²) in [6, 6.07) is 5.68. The van der Waals surface area contributed by atoms with E-state index in [0.717, 1.165) is 11.3 Å². The predicted molar refractivity (Wildman–Crippen MR) is 89.3 cm³/mol. The molecule has 23 heavy (non-hydrogen) atoms. The van der Waals surface area contributed by atoms with Crippen LogP contribution in [0.1, 0.15) is 21.0 Å². The van der Waals surface area contributed by atoms with Crippen LogP contribution in [0.25, 0.3) is 21.5 Å². The Morgan fingerprint density at radius 3 is 2.74 bits per heavy atom. The molecule has 0 atom stereocenters. The van der Waals surface area contributed by atoms with Gasteiger partial charge in [0.05, 0.1) is 11.3 Å². The van der Waals surface area contributed by atoms with Crippen LogP contribution in [-0.2, 0) is 0 Å². The van der Waals surface area contributed by atoms with Crippen LogP contribution in [0.4, 0.5) is 11.5 Å². The molecule has 0 spiro atoms. The first-order valence-electron chi connectivity index (χ1n) is 6.68. The number of primary amides is 1. The molecule has 7 nitrogen and oxygen atoms in total. The van der Waals surface area contributed by atoms with Gasteiger partial charge in [-0.15, -0.1) is 11.3 Å². The Morgan fingerprint density at radius 1 is 1.48 bits per heavy atom. The van der Waals surface area contributed by atoms with Crippen molar-refractivity contribution in [3.8, 4) is 17.4 Å². The van der Waals surface area contributed by atoms with Gasteiger partial charge in [0.2, 0.25) is 0 Å². The lowest BCUT2D eigenvalue weighted by atomic mass is 10.0. The minimum atomic E-state index is -0.628. The molecule has 3 heterocycles. The molecule has 0 fully saturated rings. The first-order chi connectivity index (χ1) is 11.0. The minimum absolute atomic E-state index is 0.216. The summed E-state index contributed by atoms with van der Waals surface area (Å²) in [7, 11) is 1.66. The van der Waals surface area contributed by atoms with E-state index in [2.05, 4.69) is 16.4 Å². The molecule has 0 saturated carbocycles. The number of nitrogens with two attached hydrogens (primary N) is 2. The number of hydrogen-bond donors (Lipinski definition) is 3. The average molecular weight is 327 g/mol. The minimum Gasteiger partial charge on any atom is -0.461 e. The second-order valence-corrected chi connectivity index (χ2v) is 5.87. The number of hydrogen-bond acceptors (Lipinski definition) is 7. The molecule has 0 aliphatic heterocycles. The Hall–Kier alpha value is -3.05. The SMILES string of the molecule is CNc1nc2sc(C(N)=O)c(N)c2c(-c2ccc(C)o2)c1C#N. The maximum Gasteiger partial charge on any atom is 0.260 e. The first-order valence-corrected chi connectivity index (χ1v) is 7.50. The van der Waals surface area contributed by atoms with Gasteiger partial charge in [0.1, 0.15) is 38.7 Å². The van der Waals surface area contributed by atoms with E-state index in [1.807, 2.05) is 0 Å². The van der Waals surface area contributed by atoms with E-state index in [9.17, 15) is 10.1 Å². The maximum absolute atomic E-state index is 11.6. The third-order valence-electron chi connectivity index (χ3n) is 3.44. The van der Waals surface area contributed by atoms with Crippen molar-refractivity contribution in [1.82, 2.24) is 4.98 Å². The molecule has 5 N–H and O–H groups in total. The van der Waals surface area contributed by atoms with Crippen LogP contribution in [0.3, 0.4) is 0 Å². The van der Waals surface area contributed by atoms with Gasteiger partial charge in [0.15, 0.2) is 0 Å². The van der Waals surface area contributed by atoms with Gasteiger partial charge in [-0.05, 0) is 19.1 Å². The van der Waals surface area contributed by atoms with E-state index in [1.54, 1.807) is 26.1 Å². The zero-order valence-corrected chi connectivity index (χ0v) is 13.2. The summed E-state index contributed by atoms with van der Waals surface area (Å²) in [6.45, 7) is 1.80. The number of carbonyl (C=O) groups excluding carboxylic acids is 1. The monoisotopic (exact) mass is 327 g/mol. The van der Waals surface area contributed by atoms with Gasteiger partial charge in [-0.25, -0.2) is 4.98 Å². The third kappa shape index (κ3) is 2.18. The highest BCUT2D eigenvalue weighted by Crippen LogP contribution is 2.43. The van der Waals surface area contributed by atoms with Crippen molar-refractivity contribution in [3.63, 3.8) is 0 Å². The van der Waals surface area contributed by atoms with Crippen molar-refractivity contribution in [3.05, 3.63) is 28.3 Å². The smallest absolute Gasteiger partial charge is 0.260 e. The van der Waals surface area contributed by atoms with E-state index in [0.29, 0.717) is 38.7 Å². The molecular formula is C15H13N5O2S. The number of carbonyl (C=O) groups is 1. The molecule has 0 aliphatic carbocycles. The topological polar surface area (TPSA) is 131 Å². The number of furan rings is 1. The summed E-state index contributed by atoms with van der Waals surface area (Å²) >= 11 is 1.09. The fourth-order valence-electron chi connectivity index (χ4n) is 2.44. The van der Waals surface area contributed by atoms with Crippen molar-refractivity contribution in [2.75, 3.05) is 18.1 Å². The lowest BCUT2D eigenvalue weighted by molar-refractivity contribution is 0.100. The summed E-state index contributed by atoms with van der Waals surface area (Å²) in [5, 5.41) is 13.0. The summed E-state index contributed by atoms with van der Waals surface area (Å²) in [4.78, 5) is 16.7. The molecule has 3 aromatic rings. The number of aromatic nitrogens is 1. The van der Waals surface area contributed by atoms with Crippen molar-refractivity contribution >= 4 is 39.0 Å². The van der Waals surface area contributed by atoms with Crippen molar-refractivity contribution in [2.24, 2.45) is 5.73 Å². The summed E-state index contributed by atoms with van der Waals surface area (Å²) in [5.74, 6) is 0.949. The lowest BCUT2D eigenvalue weighted by Crippen LogP contribution is -2.10. The zero-order valence-electron chi connectivity index (χ0n) is 12.4. The average Bonchev–Trinajstić information content (AvgIpc) is 3.09. The molecule has 1 amide bonds. The first kappa shape index (κ1) is 14.9. The van der Waals surface area contributed by atoms with Crippen LogP contribution in [0.5, 0.6) is 0 Å². The molecule has 0 aliphatic rings. The Kier molecular flexibility index (Phi) is 3.42. The quantitative estimate of drug-likeness (QED) is 0.677. The van der Waals surface area contributed by atoms with E-state index in [-0.39, 0.29) is 10.6 Å².